The largest absolute Gasteiger partial charge is 0.470 e. The van der Waals surface area contributed by atoms with Gasteiger partial charge in [0, 0.05) is 6.54 Å². The number of anilines is 2. The Morgan fingerprint density at radius 3 is 2.74 bits per heavy atom. The van der Waals surface area contributed by atoms with Gasteiger partial charge in [-0.15, -0.1) is 0 Å². The Kier molecular flexibility index (Phi) is 4.17. The smallest absolute Gasteiger partial charge is 0.239 e. The van der Waals surface area contributed by atoms with Crippen LogP contribution in [0, 0.1) is 5.92 Å². The van der Waals surface area contributed by atoms with E-state index in [1.807, 2.05) is 32.9 Å². The van der Waals surface area contributed by atoms with Gasteiger partial charge in [0.05, 0.1) is 5.69 Å². The zero-order chi connectivity index (χ0) is 13.9. The SMILES string of the molecule is CC(C)(C)Oc1nc(NCCCC2CC2)ccc1N. The van der Waals surface area contributed by atoms with Crippen LogP contribution in [0.1, 0.15) is 46.5 Å². The predicted molar refractivity (Wildman–Crippen MR) is 79.5 cm³/mol. The number of nitrogens with zero attached hydrogens (tertiary/aromatic N) is 1. The van der Waals surface area contributed by atoms with Crippen LogP contribution in [0.25, 0.3) is 0 Å². The molecule has 1 fully saturated rings. The van der Waals surface area contributed by atoms with Gasteiger partial charge < -0.3 is 15.8 Å². The summed E-state index contributed by atoms with van der Waals surface area (Å²) in [4.78, 5) is 4.43. The van der Waals surface area contributed by atoms with E-state index in [4.69, 9.17) is 10.5 Å². The molecule has 1 aromatic heterocycles. The summed E-state index contributed by atoms with van der Waals surface area (Å²) in [5.41, 5.74) is 6.18. The first kappa shape index (κ1) is 14.0. The topological polar surface area (TPSA) is 60.2 Å². The molecule has 19 heavy (non-hydrogen) atoms. The fourth-order valence-corrected chi connectivity index (χ4v) is 1.94. The predicted octanol–water partition coefficient (Wildman–Crippen LogP) is 3.44. The third-order valence-corrected chi connectivity index (χ3v) is 3.08. The second-order valence-electron chi connectivity index (χ2n) is 6.32. The van der Waals surface area contributed by atoms with Gasteiger partial charge in [-0.3, -0.25) is 0 Å². The molecule has 2 rings (SSSR count). The minimum atomic E-state index is -0.286. The molecule has 3 N–H and O–H groups in total. The van der Waals surface area contributed by atoms with Crippen LogP contribution < -0.4 is 15.8 Å². The number of nitrogens with one attached hydrogen (secondary N) is 1. The maximum Gasteiger partial charge on any atom is 0.239 e. The van der Waals surface area contributed by atoms with Crippen molar-refractivity contribution in [1.29, 1.82) is 0 Å². The molecule has 1 heterocycles. The molecule has 0 spiro atoms. The van der Waals surface area contributed by atoms with Crippen LogP contribution in [-0.4, -0.2) is 17.1 Å². The van der Waals surface area contributed by atoms with Crippen LogP contribution in [0.15, 0.2) is 12.1 Å². The third kappa shape index (κ3) is 4.97. The Morgan fingerprint density at radius 1 is 1.37 bits per heavy atom. The summed E-state index contributed by atoms with van der Waals surface area (Å²) in [6.07, 6.45) is 5.37. The van der Waals surface area contributed by atoms with Crippen LogP contribution in [0.5, 0.6) is 5.88 Å². The van der Waals surface area contributed by atoms with E-state index < -0.39 is 0 Å². The second kappa shape index (κ2) is 5.68. The number of rotatable bonds is 6. The molecule has 0 atom stereocenters. The molecule has 0 unspecified atom stereocenters. The highest BCUT2D eigenvalue weighted by atomic mass is 16.5. The Hall–Kier alpha value is -1.45. The van der Waals surface area contributed by atoms with Crippen LogP contribution >= 0.6 is 0 Å². The minimum Gasteiger partial charge on any atom is -0.470 e. The summed E-state index contributed by atoms with van der Waals surface area (Å²) in [7, 11) is 0. The van der Waals surface area contributed by atoms with Crippen molar-refractivity contribution in [1.82, 2.24) is 4.98 Å². The molecule has 4 heteroatoms. The van der Waals surface area contributed by atoms with Gasteiger partial charge in [-0.05, 0) is 51.7 Å². The molecule has 1 saturated carbocycles. The van der Waals surface area contributed by atoms with E-state index in [9.17, 15) is 0 Å². The molecule has 0 saturated heterocycles. The lowest BCUT2D eigenvalue weighted by Crippen LogP contribution is -2.24. The van der Waals surface area contributed by atoms with Crippen molar-refractivity contribution in [3.8, 4) is 5.88 Å². The maximum atomic E-state index is 5.88. The highest BCUT2D eigenvalue weighted by Crippen LogP contribution is 2.33. The van der Waals surface area contributed by atoms with Crippen LogP contribution in [0.3, 0.4) is 0 Å². The third-order valence-electron chi connectivity index (χ3n) is 3.08. The number of nitrogen functional groups attached to an aromatic ring is 1. The molecule has 106 valence electrons. The van der Waals surface area contributed by atoms with Gasteiger partial charge in [0.15, 0.2) is 0 Å². The van der Waals surface area contributed by atoms with Crippen LogP contribution in [0.2, 0.25) is 0 Å². The molecule has 0 aliphatic heterocycles. The Bertz CT molecular complexity index is 422. The highest BCUT2D eigenvalue weighted by molar-refractivity contribution is 5.53. The molecule has 1 aliphatic rings. The van der Waals surface area contributed by atoms with Crippen molar-refractivity contribution in [3.05, 3.63) is 12.1 Å². The van der Waals surface area contributed by atoms with Gasteiger partial charge in [-0.25, -0.2) is 0 Å². The van der Waals surface area contributed by atoms with Gasteiger partial charge in [-0.2, -0.15) is 4.98 Å². The fraction of sp³-hybridized carbons (Fsp3) is 0.667. The highest BCUT2D eigenvalue weighted by Gasteiger charge is 2.20. The standard InChI is InChI=1S/C15H25N3O/c1-15(2,3)19-14-12(16)8-9-13(18-14)17-10-4-5-11-6-7-11/h8-9,11H,4-7,10,16H2,1-3H3,(H,17,18). The normalized spacial score (nSPS) is 15.3. The second-order valence-corrected chi connectivity index (χ2v) is 6.32. The first-order chi connectivity index (χ1) is 8.94. The maximum absolute atomic E-state index is 5.88. The molecule has 0 aromatic carbocycles. The lowest BCUT2D eigenvalue weighted by Gasteiger charge is -2.21. The average Bonchev–Trinajstić information content (AvgIpc) is 3.11. The van der Waals surface area contributed by atoms with Crippen molar-refractivity contribution >= 4 is 11.5 Å². The van der Waals surface area contributed by atoms with Gasteiger partial charge >= 0.3 is 0 Å². The van der Waals surface area contributed by atoms with Gasteiger partial charge in [-0.1, -0.05) is 12.8 Å². The Labute approximate surface area is 115 Å². The van der Waals surface area contributed by atoms with Gasteiger partial charge in [0.1, 0.15) is 11.4 Å². The molecule has 1 aromatic rings. The van der Waals surface area contributed by atoms with Crippen LogP contribution in [0.4, 0.5) is 11.5 Å². The summed E-state index contributed by atoms with van der Waals surface area (Å²) < 4.78 is 5.75. The van der Waals surface area contributed by atoms with E-state index in [1.165, 1.54) is 25.7 Å². The van der Waals surface area contributed by atoms with Crippen molar-refractivity contribution in [2.24, 2.45) is 5.92 Å². The summed E-state index contributed by atoms with van der Waals surface area (Å²) in [5.74, 6) is 2.34. The zero-order valence-electron chi connectivity index (χ0n) is 12.2. The number of nitrogens with two attached hydrogens (primary N) is 1. The molecule has 0 amide bonds. The molecular formula is C15H25N3O. The number of hydrogen-bond donors (Lipinski definition) is 2. The van der Waals surface area contributed by atoms with Gasteiger partial charge in [0.2, 0.25) is 5.88 Å². The summed E-state index contributed by atoms with van der Waals surface area (Å²) in [5, 5.41) is 3.33. The van der Waals surface area contributed by atoms with E-state index >= 15 is 0 Å². The molecule has 0 bridgehead atoms. The lowest BCUT2D eigenvalue weighted by atomic mass is 10.2. The number of hydrogen-bond acceptors (Lipinski definition) is 4. The van der Waals surface area contributed by atoms with E-state index in [1.54, 1.807) is 0 Å². The summed E-state index contributed by atoms with van der Waals surface area (Å²) >= 11 is 0. The van der Waals surface area contributed by atoms with Crippen molar-refractivity contribution in [2.45, 2.75) is 52.1 Å². The van der Waals surface area contributed by atoms with Crippen molar-refractivity contribution < 1.29 is 4.74 Å². The van der Waals surface area contributed by atoms with Crippen molar-refractivity contribution in [3.63, 3.8) is 0 Å². The van der Waals surface area contributed by atoms with E-state index in [0.29, 0.717) is 11.6 Å². The Morgan fingerprint density at radius 2 is 2.11 bits per heavy atom. The lowest BCUT2D eigenvalue weighted by molar-refractivity contribution is 0.125. The first-order valence-electron chi connectivity index (χ1n) is 7.13. The first-order valence-corrected chi connectivity index (χ1v) is 7.13. The molecular weight excluding hydrogens is 238 g/mol. The summed E-state index contributed by atoms with van der Waals surface area (Å²) in [6, 6.07) is 3.75. The molecule has 0 radical (unpaired) electrons. The zero-order valence-corrected chi connectivity index (χ0v) is 12.2. The van der Waals surface area contributed by atoms with E-state index in [0.717, 1.165) is 18.3 Å². The molecule has 4 nitrogen and oxygen atoms in total. The summed E-state index contributed by atoms with van der Waals surface area (Å²) in [6.45, 7) is 6.93. The number of ether oxygens (including phenoxy) is 1. The average molecular weight is 263 g/mol. The van der Waals surface area contributed by atoms with E-state index in [2.05, 4.69) is 10.3 Å². The quantitative estimate of drug-likeness (QED) is 0.772. The minimum absolute atomic E-state index is 0.286. The van der Waals surface area contributed by atoms with Crippen molar-refractivity contribution in [2.75, 3.05) is 17.6 Å². The fourth-order valence-electron chi connectivity index (χ4n) is 1.94. The Balaban J connectivity index is 1.87. The van der Waals surface area contributed by atoms with E-state index in [-0.39, 0.29) is 5.60 Å². The monoisotopic (exact) mass is 263 g/mol. The molecule has 1 aliphatic carbocycles. The van der Waals surface area contributed by atoms with Crippen LogP contribution in [-0.2, 0) is 0 Å². The number of pyridine rings is 1. The number of aromatic nitrogens is 1. The van der Waals surface area contributed by atoms with Gasteiger partial charge in [0.25, 0.3) is 0 Å².